The molecule has 0 saturated heterocycles. The third-order valence-electron chi connectivity index (χ3n) is 2.24. The molecule has 0 atom stereocenters. The predicted molar refractivity (Wildman–Crippen MR) is 62.2 cm³/mol. The molecule has 2 aromatic rings. The normalized spacial score (nSPS) is 10.2. The Kier molecular flexibility index (Phi) is 3.22. The van der Waals surface area contributed by atoms with E-state index in [9.17, 15) is 13.6 Å². The Balaban J connectivity index is 2.08. The van der Waals surface area contributed by atoms with E-state index in [1.54, 1.807) is 13.1 Å². The van der Waals surface area contributed by atoms with Crippen LogP contribution in [0.3, 0.4) is 0 Å². The maximum absolute atomic E-state index is 13.3. The quantitative estimate of drug-likeness (QED) is 0.861. The number of halogens is 2. The number of anilines is 2. The van der Waals surface area contributed by atoms with E-state index in [-0.39, 0.29) is 5.69 Å². The van der Waals surface area contributed by atoms with Crippen LogP contribution in [0, 0.1) is 11.6 Å². The van der Waals surface area contributed by atoms with Crippen molar-refractivity contribution < 1.29 is 13.6 Å². The van der Waals surface area contributed by atoms with Gasteiger partial charge in [-0.15, -0.1) is 0 Å². The van der Waals surface area contributed by atoms with Gasteiger partial charge in [-0.3, -0.25) is 10.00 Å². The van der Waals surface area contributed by atoms with Gasteiger partial charge in [0.05, 0.1) is 11.9 Å². The number of carbonyl (C=O) groups is 1. The van der Waals surface area contributed by atoms with Crippen LogP contribution in [0.25, 0.3) is 0 Å². The molecule has 0 aliphatic heterocycles. The van der Waals surface area contributed by atoms with Crippen LogP contribution >= 0.6 is 0 Å². The topological polar surface area (TPSA) is 59.0 Å². The zero-order valence-electron chi connectivity index (χ0n) is 9.45. The van der Waals surface area contributed by atoms with Gasteiger partial charge in [0.25, 0.3) is 0 Å². The van der Waals surface area contributed by atoms with Gasteiger partial charge in [0.1, 0.15) is 17.5 Å². The van der Waals surface area contributed by atoms with Crippen molar-refractivity contribution in [2.75, 3.05) is 10.6 Å². The number of amides is 2. The van der Waals surface area contributed by atoms with Crippen molar-refractivity contribution in [3.05, 3.63) is 42.1 Å². The summed E-state index contributed by atoms with van der Waals surface area (Å²) in [6.07, 6.45) is 1.50. The molecule has 94 valence electrons. The summed E-state index contributed by atoms with van der Waals surface area (Å²) in [6, 6.07) is 3.71. The number of urea groups is 1. The van der Waals surface area contributed by atoms with Crippen LogP contribution in [0.15, 0.2) is 30.5 Å². The zero-order valence-corrected chi connectivity index (χ0v) is 9.45. The van der Waals surface area contributed by atoms with Crippen molar-refractivity contribution in [1.82, 2.24) is 9.78 Å². The van der Waals surface area contributed by atoms with E-state index in [4.69, 9.17) is 0 Å². The number of aromatic nitrogens is 2. The summed E-state index contributed by atoms with van der Waals surface area (Å²) in [5, 5.41) is 8.51. The number of aryl methyl sites for hydroxylation is 1. The van der Waals surface area contributed by atoms with Crippen LogP contribution < -0.4 is 10.6 Å². The molecular formula is C11H10F2N4O. The van der Waals surface area contributed by atoms with Gasteiger partial charge in [-0.2, -0.15) is 5.10 Å². The average Bonchev–Trinajstić information content (AvgIpc) is 2.70. The monoisotopic (exact) mass is 252 g/mol. The minimum atomic E-state index is -0.712. The van der Waals surface area contributed by atoms with E-state index in [1.165, 1.54) is 10.9 Å². The first-order valence-electron chi connectivity index (χ1n) is 5.07. The van der Waals surface area contributed by atoms with E-state index in [1.807, 2.05) is 0 Å². The van der Waals surface area contributed by atoms with Crippen LogP contribution in [0.2, 0.25) is 0 Å². The van der Waals surface area contributed by atoms with Crippen molar-refractivity contribution in [2.24, 2.45) is 7.05 Å². The van der Waals surface area contributed by atoms with Gasteiger partial charge in [-0.25, -0.2) is 13.6 Å². The highest BCUT2D eigenvalue weighted by Gasteiger charge is 2.09. The average molecular weight is 252 g/mol. The van der Waals surface area contributed by atoms with Crippen LogP contribution in [0.5, 0.6) is 0 Å². The van der Waals surface area contributed by atoms with E-state index in [0.717, 1.165) is 18.2 Å². The molecule has 0 bridgehead atoms. The lowest BCUT2D eigenvalue weighted by Crippen LogP contribution is -2.21. The fraction of sp³-hybridized carbons (Fsp3) is 0.0909. The largest absolute Gasteiger partial charge is 0.324 e. The zero-order chi connectivity index (χ0) is 13.1. The van der Waals surface area contributed by atoms with Crippen molar-refractivity contribution in [3.8, 4) is 0 Å². The second-order valence-corrected chi connectivity index (χ2v) is 3.54. The van der Waals surface area contributed by atoms with Crippen LogP contribution in [0.4, 0.5) is 25.1 Å². The molecule has 0 fully saturated rings. The summed E-state index contributed by atoms with van der Waals surface area (Å²) in [7, 11) is 1.64. The van der Waals surface area contributed by atoms with E-state index in [2.05, 4.69) is 15.7 Å². The molecule has 0 spiro atoms. The van der Waals surface area contributed by atoms with Crippen molar-refractivity contribution in [3.63, 3.8) is 0 Å². The Morgan fingerprint density at radius 1 is 1.28 bits per heavy atom. The summed E-state index contributed by atoms with van der Waals surface area (Å²) >= 11 is 0. The maximum Gasteiger partial charge on any atom is 0.324 e. The number of nitrogens with zero attached hydrogens (tertiary/aromatic N) is 2. The highest BCUT2D eigenvalue weighted by Crippen LogP contribution is 2.15. The molecule has 7 heteroatoms. The SMILES string of the molecule is Cn1nccc1NC(=O)Nc1cc(F)ccc1F. The van der Waals surface area contributed by atoms with E-state index < -0.39 is 17.7 Å². The number of rotatable bonds is 2. The van der Waals surface area contributed by atoms with E-state index in [0.29, 0.717) is 5.82 Å². The Morgan fingerprint density at radius 2 is 2.06 bits per heavy atom. The number of hydrogen-bond donors (Lipinski definition) is 2. The van der Waals surface area contributed by atoms with Gasteiger partial charge in [0, 0.05) is 19.2 Å². The highest BCUT2D eigenvalue weighted by molar-refractivity contribution is 5.99. The number of benzene rings is 1. The summed E-state index contributed by atoms with van der Waals surface area (Å²) < 4.78 is 27.6. The highest BCUT2D eigenvalue weighted by atomic mass is 19.1. The molecule has 1 aromatic carbocycles. The molecule has 0 aliphatic carbocycles. The third kappa shape index (κ3) is 2.62. The lowest BCUT2D eigenvalue weighted by atomic mass is 10.3. The van der Waals surface area contributed by atoms with Crippen LogP contribution in [-0.4, -0.2) is 15.8 Å². The molecule has 1 aromatic heterocycles. The fourth-order valence-corrected chi connectivity index (χ4v) is 1.36. The predicted octanol–water partition coefficient (Wildman–Crippen LogP) is 2.34. The maximum atomic E-state index is 13.3. The molecule has 0 saturated carbocycles. The first-order valence-corrected chi connectivity index (χ1v) is 5.07. The van der Waals surface area contributed by atoms with Gasteiger partial charge in [-0.1, -0.05) is 0 Å². The van der Waals surface area contributed by atoms with Crippen LogP contribution in [0.1, 0.15) is 0 Å². The van der Waals surface area contributed by atoms with Gasteiger partial charge < -0.3 is 5.32 Å². The Bertz CT molecular complexity index is 582. The second kappa shape index (κ2) is 4.82. The molecule has 2 N–H and O–H groups in total. The van der Waals surface area contributed by atoms with Gasteiger partial charge in [0.2, 0.25) is 0 Å². The smallest absolute Gasteiger partial charge is 0.305 e. The Labute approximate surface area is 101 Å². The molecule has 0 aliphatic rings. The lowest BCUT2D eigenvalue weighted by molar-refractivity contribution is 0.262. The van der Waals surface area contributed by atoms with Crippen molar-refractivity contribution in [2.45, 2.75) is 0 Å². The molecule has 2 amide bonds. The molecule has 0 radical (unpaired) electrons. The summed E-state index contributed by atoms with van der Waals surface area (Å²) in [5.41, 5.74) is -0.227. The van der Waals surface area contributed by atoms with Gasteiger partial charge in [0.15, 0.2) is 0 Å². The van der Waals surface area contributed by atoms with Gasteiger partial charge in [-0.05, 0) is 12.1 Å². The Hall–Kier alpha value is -2.44. The fourth-order valence-electron chi connectivity index (χ4n) is 1.36. The van der Waals surface area contributed by atoms with Crippen molar-refractivity contribution >= 4 is 17.5 Å². The van der Waals surface area contributed by atoms with Crippen molar-refractivity contribution in [1.29, 1.82) is 0 Å². The number of carbonyl (C=O) groups excluding carboxylic acids is 1. The third-order valence-corrected chi connectivity index (χ3v) is 2.24. The molecule has 2 rings (SSSR count). The minimum Gasteiger partial charge on any atom is -0.305 e. The second-order valence-electron chi connectivity index (χ2n) is 3.54. The first-order chi connectivity index (χ1) is 8.56. The molecule has 0 unspecified atom stereocenters. The summed E-state index contributed by atoms with van der Waals surface area (Å²) in [5.74, 6) is -0.909. The lowest BCUT2D eigenvalue weighted by Gasteiger charge is -2.08. The molecule has 5 nitrogen and oxygen atoms in total. The van der Waals surface area contributed by atoms with Gasteiger partial charge >= 0.3 is 6.03 Å². The standard InChI is InChI=1S/C11H10F2N4O/c1-17-10(4-5-14-17)16-11(18)15-9-6-7(12)2-3-8(9)13/h2-6H,1H3,(H2,15,16,18). The molecule has 18 heavy (non-hydrogen) atoms. The first kappa shape index (κ1) is 12.0. The van der Waals surface area contributed by atoms with Crippen LogP contribution in [-0.2, 0) is 7.05 Å². The Morgan fingerprint density at radius 3 is 2.72 bits per heavy atom. The molecule has 1 heterocycles. The number of nitrogens with one attached hydrogen (secondary N) is 2. The summed E-state index contributed by atoms with van der Waals surface area (Å²) in [4.78, 5) is 11.5. The minimum absolute atomic E-state index is 0.227. The summed E-state index contributed by atoms with van der Waals surface area (Å²) in [6.45, 7) is 0. The van der Waals surface area contributed by atoms with E-state index >= 15 is 0 Å². The molecular weight excluding hydrogens is 242 g/mol. The number of hydrogen-bond acceptors (Lipinski definition) is 2.